The maximum atomic E-state index is 14.0. The molecule has 4 fully saturated rings. The van der Waals surface area contributed by atoms with Crippen LogP contribution in [-0.2, 0) is 4.79 Å². The lowest BCUT2D eigenvalue weighted by Gasteiger charge is -2.56. The largest absolute Gasteiger partial charge is 0.376 e. The topological polar surface area (TPSA) is 29.1 Å². The van der Waals surface area contributed by atoms with Crippen molar-refractivity contribution in [3.05, 3.63) is 29.8 Å². The van der Waals surface area contributed by atoms with Crippen LogP contribution in [0, 0.1) is 64.4 Å². The summed E-state index contributed by atoms with van der Waals surface area (Å²) < 4.78 is 27.2. The fourth-order valence-electron chi connectivity index (χ4n) is 9.06. The van der Waals surface area contributed by atoms with Crippen LogP contribution in [0.25, 0.3) is 0 Å². The third kappa shape index (κ3) is 3.70. The molecular weight excluding hydrogens is 404 g/mol. The molecule has 0 heterocycles. The summed E-state index contributed by atoms with van der Waals surface area (Å²) in [6.07, 6.45) is 10.6. The number of ketones is 1. The van der Waals surface area contributed by atoms with Crippen LogP contribution < -0.4 is 5.32 Å². The summed E-state index contributed by atoms with van der Waals surface area (Å²) in [7, 11) is 0. The molecule has 4 heteroatoms. The number of rotatable bonds is 4. The Morgan fingerprint density at radius 2 is 1.81 bits per heavy atom. The lowest BCUT2D eigenvalue weighted by atomic mass is 9.49. The predicted octanol–water partition coefficient (Wildman–Crippen LogP) is 7.10. The van der Waals surface area contributed by atoms with Crippen LogP contribution in [0.1, 0.15) is 72.1 Å². The summed E-state index contributed by atoms with van der Waals surface area (Å²) in [5, 5.41) is 2.96. The van der Waals surface area contributed by atoms with Crippen LogP contribution in [0.4, 0.5) is 14.5 Å². The van der Waals surface area contributed by atoms with Gasteiger partial charge in [-0.1, -0.05) is 27.2 Å². The van der Waals surface area contributed by atoms with Gasteiger partial charge in [0.05, 0.1) is 12.2 Å². The number of anilines is 1. The molecule has 9 unspecified atom stereocenters. The molecular formula is C28H39F2NO. The zero-order valence-corrected chi connectivity index (χ0v) is 19.9. The molecule has 0 saturated heterocycles. The summed E-state index contributed by atoms with van der Waals surface area (Å²) in [6.45, 7) is 7.19. The standard InChI is InChI=1S/C28H39F2NO/c1-16-4-7-20-18(12-16)5-8-22-21(20)10-11-28(3)23(22)13-17(2)27(28)26(32)15-31-25-9-6-19(29)14-24(25)30/h6,9,14,16-18,20-23,27,31H,4-5,7-8,10-13,15H2,1-3H3. The molecule has 4 aliphatic rings. The van der Waals surface area contributed by atoms with Crippen molar-refractivity contribution < 1.29 is 13.6 Å². The molecule has 1 N–H and O–H groups in total. The number of carbonyl (C=O) groups is 1. The van der Waals surface area contributed by atoms with Gasteiger partial charge in [-0.3, -0.25) is 4.79 Å². The van der Waals surface area contributed by atoms with E-state index in [1.54, 1.807) is 0 Å². The fourth-order valence-corrected chi connectivity index (χ4v) is 9.06. The molecule has 0 bridgehead atoms. The molecule has 0 radical (unpaired) electrons. The number of hydrogen-bond donors (Lipinski definition) is 1. The Hall–Kier alpha value is -1.45. The van der Waals surface area contributed by atoms with E-state index in [0.29, 0.717) is 11.8 Å². The van der Waals surface area contributed by atoms with Gasteiger partial charge in [-0.25, -0.2) is 8.78 Å². The van der Waals surface area contributed by atoms with Crippen molar-refractivity contribution in [3.63, 3.8) is 0 Å². The highest BCUT2D eigenvalue weighted by atomic mass is 19.1. The molecule has 4 saturated carbocycles. The lowest BCUT2D eigenvalue weighted by molar-refractivity contribution is -0.130. The number of halogens is 2. The second-order valence-corrected chi connectivity index (χ2v) is 12.0. The summed E-state index contributed by atoms with van der Waals surface area (Å²) in [6, 6.07) is 3.48. The minimum Gasteiger partial charge on any atom is -0.376 e. The zero-order chi connectivity index (χ0) is 22.6. The van der Waals surface area contributed by atoms with Crippen molar-refractivity contribution >= 4 is 11.5 Å². The molecule has 9 atom stereocenters. The van der Waals surface area contributed by atoms with E-state index < -0.39 is 11.6 Å². The third-order valence-corrected chi connectivity index (χ3v) is 10.3. The molecule has 1 aromatic carbocycles. The van der Waals surface area contributed by atoms with Gasteiger partial charge in [-0.2, -0.15) is 0 Å². The molecule has 0 spiro atoms. The first-order chi connectivity index (χ1) is 15.3. The average molecular weight is 444 g/mol. The Bertz CT molecular complexity index is 871. The lowest BCUT2D eigenvalue weighted by Crippen LogP contribution is -2.49. The molecule has 176 valence electrons. The van der Waals surface area contributed by atoms with Gasteiger partial charge in [0.25, 0.3) is 0 Å². The summed E-state index contributed by atoms with van der Waals surface area (Å²) in [4.78, 5) is 13.4. The number of fused-ring (bicyclic) bond motifs is 5. The number of benzene rings is 1. The van der Waals surface area contributed by atoms with E-state index in [-0.39, 0.29) is 29.3 Å². The molecule has 4 aliphatic carbocycles. The SMILES string of the molecule is CC1CCC2C(CCC3C2CCC2(C)C3CC(C)C2C(=O)CNc2ccc(F)cc2F)C1. The summed E-state index contributed by atoms with van der Waals surface area (Å²) in [5.41, 5.74) is 0.274. The Kier molecular flexibility index (Phi) is 5.87. The van der Waals surface area contributed by atoms with E-state index in [0.717, 1.165) is 48.5 Å². The van der Waals surface area contributed by atoms with Gasteiger partial charge in [0, 0.05) is 12.0 Å². The van der Waals surface area contributed by atoms with E-state index in [2.05, 4.69) is 26.1 Å². The quantitative estimate of drug-likeness (QED) is 0.538. The van der Waals surface area contributed by atoms with Crippen molar-refractivity contribution in [2.75, 3.05) is 11.9 Å². The summed E-state index contributed by atoms with van der Waals surface area (Å²) >= 11 is 0. The minimum absolute atomic E-state index is 0.0357. The van der Waals surface area contributed by atoms with Crippen LogP contribution >= 0.6 is 0 Å². The first-order valence-corrected chi connectivity index (χ1v) is 13.0. The van der Waals surface area contributed by atoms with Gasteiger partial charge in [-0.15, -0.1) is 0 Å². The monoisotopic (exact) mass is 443 g/mol. The molecule has 0 aromatic heterocycles. The summed E-state index contributed by atoms with van der Waals surface area (Å²) in [5.74, 6) is 4.43. The minimum atomic E-state index is -0.638. The van der Waals surface area contributed by atoms with Crippen molar-refractivity contribution in [1.29, 1.82) is 0 Å². The highest BCUT2D eigenvalue weighted by Crippen LogP contribution is 2.65. The van der Waals surface area contributed by atoms with Crippen LogP contribution in [0.2, 0.25) is 0 Å². The second-order valence-electron chi connectivity index (χ2n) is 12.0. The predicted molar refractivity (Wildman–Crippen MR) is 124 cm³/mol. The molecule has 5 rings (SSSR count). The van der Waals surface area contributed by atoms with E-state index in [9.17, 15) is 13.6 Å². The number of Topliss-reactive ketones (excluding diaryl/α,β-unsaturated/α-hetero) is 1. The van der Waals surface area contributed by atoms with Gasteiger partial charge in [0.1, 0.15) is 11.6 Å². The number of nitrogens with one attached hydrogen (secondary N) is 1. The molecule has 32 heavy (non-hydrogen) atoms. The van der Waals surface area contributed by atoms with E-state index in [1.165, 1.54) is 50.7 Å². The second kappa shape index (κ2) is 8.40. The third-order valence-electron chi connectivity index (χ3n) is 10.3. The Labute approximate surface area is 191 Å². The highest BCUT2D eigenvalue weighted by Gasteiger charge is 2.60. The normalized spacial score (nSPS) is 43.2. The molecule has 2 nitrogen and oxygen atoms in total. The van der Waals surface area contributed by atoms with Gasteiger partial charge in [-0.05, 0) is 104 Å². The van der Waals surface area contributed by atoms with E-state index in [1.807, 2.05) is 0 Å². The van der Waals surface area contributed by atoms with Crippen molar-refractivity contribution in [3.8, 4) is 0 Å². The van der Waals surface area contributed by atoms with Gasteiger partial charge >= 0.3 is 0 Å². The number of hydrogen-bond acceptors (Lipinski definition) is 2. The van der Waals surface area contributed by atoms with Crippen LogP contribution in [0.5, 0.6) is 0 Å². The average Bonchev–Trinajstić information content (AvgIpc) is 3.02. The van der Waals surface area contributed by atoms with Gasteiger partial charge in [0.2, 0.25) is 0 Å². The highest BCUT2D eigenvalue weighted by molar-refractivity contribution is 5.86. The zero-order valence-electron chi connectivity index (χ0n) is 19.9. The van der Waals surface area contributed by atoms with Crippen molar-refractivity contribution in [1.82, 2.24) is 0 Å². The van der Waals surface area contributed by atoms with E-state index >= 15 is 0 Å². The Morgan fingerprint density at radius 3 is 2.59 bits per heavy atom. The van der Waals surface area contributed by atoms with Crippen molar-refractivity contribution in [2.24, 2.45) is 52.8 Å². The Morgan fingerprint density at radius 1 is 1.03 bits per heavy atom. The Balaban J connectivity index is 1.30. The van der Waals surface area contributed by atoms with Crippen LogP contribution in [0.15, 0.2) is 18.2 Å². The first-order valence-electron chi connectivity index (χ1n) is 13.0. The fraction of sp³-hybridized carbons (Fsp3) is 0.750. The van der Waals surface area contributed by atoms with Gasteiger partial charge < -0.3 is 5.32 Å². The molecule has 0 aliphatic heterocycles. The first kappa shape index (κ1) is 22.3. The maximum absolute atomic E-state index is 14.0. The molecule has 0 amide bonds. The maximum Gasteiger partial charge on any atom is 0.155 e. The van der Waals surface area contributed by atoms with Gasteiger partial charge in [0.15, 0.2) is 5.78 Å². The molecule has 1 aromatic rings. The van der Waals surface area contributed by atoms with Crippen molar-refractivity contribution in [2.45, 2.75) is 72.1 Å². The van der Waals surface area contributed by atoms with Crippen LogP contribution in [0.3, 0.4) is 0 Å². The van der Waals surface area contributed by atoms with E-state index in [4.69, 9.17) is 0 Å². The van der Waals surface area contributed by atoms with Crippen LogP contribution in [-0.4, -0.2) is 12.3 Å². The number of carbonyl (C=O) groups excluding carboxylic acids is 1. The smallest absolute Gasteiger partial charge is 0.155 e.